The van der Waals surface area contributed by atoms with Crippen LogP contribution in [-0.2, 0) is 0 Å². The minimum absolute atomic E-state index is 0.236. The standard InChI is InChI=1S/C22H19ClN2OS/c1-15-10-11-16(2)19(14-15)24-22(27)20(25-12-6-3-7-13-25)21(26)17-8-4-5-9-18(17)23/h3-14H,1-2H3,(H-,24,26,27). The molecule has 3 rings (SSSR count). The Hall–Kier alpha value is -2.69. The van der Waals surface area contributed by atoms with Crippen molar-refractivity contribution >= 4 is 46.0 Å². The predicted octanol–water partition coefficient (Wildman–Crippen LogP) is 4.37. The molecule has 0 amide bonds. The molecule has 0 aliphatic heterocycles. The first kappa shape index (κ1) is 19.1. The van der Waals surface area contributed by atoms with Gasteiger partial charge in [0.25, 0.3) is 0 Å². The molecule has 2 aromatic carbocycles. The first-order chi connectivity index (χ1) is 13.0. The molecule has 0 radical (unpaired) electrons. The van der Waals surface area contributed by atoms with Crippen LogP contribution < -0.4 is 15.0 Å². The number of nitrogens with zero attached hydrogens (tertiary/aromatic N) is 1. The number of pyridine rings is 1. The molecule has 5 heteroatoms. The number of benzene rings is 2. The van der Waals surface area contributed by atoms with Crippen LogP contribution in [0.15, 0.2) is 73.1 Å². The maximum absolute atomic E-state index is 13.3. The van der Waals surface area contributed by atoms with Gasteiger partial charge >= 0.3 is 0 Å². The third-order valence-electron chi connectivity index (χ3n) is 4.16. The van der Waals surface area contributed by atoms with E-state index in [1.807, 2.05) is 50.2 Å². The van der Waals surface area contributed by atoms with E-state index >= 15 is 0 Å². The van der Waals surface area contributed by atoms with E-state index < -0.39 is 0 Å². The number of aryl methyl sites for hydroxylation is 2. The van der Waals surface area contributed by atoms with Crippen LogP contribution in [0.3, 0.4) is 0 Å². The molecule has 0 aliphatic carbocycles. The van der Waals surface area contributed by atoms with E-state index in [2.05, 4.69) is 5.32 Å². The Morgan fingerprint density at radius 1 is 1.00 bits per heavy atom. The molecule has 27 heavy (non-hydrogen) atoms. The third kappa shape index (κ3) is 4.35. The molecule has 0 spiro atoms. The smallest absolute Gasteiger partial charge is 0.238 e. The molecule has 3 aromatic rings. The Morgan fingerprint density at radius 3 is 2.41 bits per heavy atom. The third-order valence-corrected chi connectivity index (χ3v) is 4.79. The number of halogens is 1. The van der Waals surface area contributed by atoms with Crippen molar-refractivity contribution in [3.05, 3.63) is 94.8 Å². The first-order valence-corrected chi connectivity index (χ1v) is 9.27. The molecule has 0 unspecified atom stereocenters. The zero-order chi connectivity index (χ0) is 19.4. The second kappa shape index (κ2) is 8.33. The molecule has 0 aliphatic rings. The highest BCUT2D eigenvalue weighted by atomic mass is 35.5. The molecule has 1 aromatic heterocycles. The van der Waals surface area contributed by atoms with Crippen molar-refractivity contribution in [2.75, 3.05) is 5.32 Å². The van der Waals surface area contributed by atoms with Crippen LogP contribution in [0.4, 0.5) is 5.69 Å². The van der Waals surface area contributed by atoms with Crippen molar-refractivity contribution in [1.29, 1.82) is 0 Å². The van der Waals surface area contributed by atoms with Crippen molar-refractivity contribution in [3.8, 4) is 0 Å². The summed E-state index contributed by atoms with van der Waals surface area (Å²) in [7, 11) is 0. The minimum Gasteiger partial charge on any atom is -0.867 e. The van der Waals surface area contributed by atoms with Crippen LogP contribution in [0.5, 0.6) is 0 Å². The van der Waals surface area contributed by atoms with Gasteiger partial charge in [0.05, 0.1) is 0 Å². The normalized spacial score (nSPS) is 11.7. The number of aromatic nitrogens is 1. The molecule has 0 bridgehead atoms. The molecule has 0 saturated carbocycles. The molecule has 136 valence electrons. The van der Waals surface area contributed by atoms with Gasteiger partial charge in [-0.15, -0.1) is 0 Å². The summed E-state index contributed by atoms with van der Waals surface area (Å²) in [5.41, 5.74) is 3.79. The summed E-state index contributed by atoms with van der Waals surface area (Å²) in [5.74, 6) is -0.236. The van der Waals surface area contributed by atoms with Crippen LogP contribution >= 0.6 is 23.8 Å². The Morgan fingerprint density at radius 2 is 1.70 bits per heavy atom. The summed E-state index contributed by atoms with van der Waals surface area (Å²) in [4.78, 5) is 0.338. The fourth-order valence-corrected chi connectivity index (χ4v) is 3.24. The fraction of sp³-hybridized carbons (Fsp3) is 0.0909. The van der Waals surface area contributed by atoms with Crippen molar-refractivity contribution < 1.29 is 9.67 Å². The van der Waals surface area contributed by atoms with Crippen LogP contribution in [0.1, 0.15) is 16.7 Å². The minimum atomic E-state index is -0.236. The summed E-state index contributed by atoms with van der Waals surface area (Å²) in [5, 5.41) is 16.9. The highest BCUT2D eigenvalue weighted by molar-refractivity contribution is 7.81. The number of hydrogen-bond acceptors (Lipinski definition) is 2. The van der Waals surface area contributed by atoms with Gasteiger partial charge in [-0.2, -0.15) is 4.57 Å². The van der Waals surface area contributed by atoms with Gasteiger partial charge in [-0.05, 0) is 48.4 Å². The first-order valence-electron chi connectivity index (χ1n) is 8.49. The monoisotopic (exact) mass is 394 g/mol. The Balaban J connectivity index is 2.11. The fourth-order valence-electron chi connectivity index (χ4n) is 2.71. The number of thiocarbonyl (C=S) groups is 1. The van der Waals surface area contributed by atoms with Gasteiger partial charge in [0.2, 0.25) is 5.70 Å². The molecule has 0 saturated heterocycles. The van der Waals surface area contributed by atoms with Crippen LogP contribution in [-0.4, -0.2) is 4.99 Å². The molecule has 0 fully saturated rings. The highest BCUT2D eigenvalue weighted by Gasteiger charge is 2.20. The van der Waals surface area contributed by atoms with Crippen molar-refractivity contribution in [2.24, 2.45) is 0 Å². The van der Waals surface area contributed by atoms with Gasteiger partial charge in [0, 0.05) is 22.8 Å². The average molecular weight is 395 g/mol. The summed E-state index contributed by atoms with van der Waals surface area (Å²) in [6.45, 7) is 4.01. The maximum Gasteiger partial charge on any atom is 0.238 e. The van der Waals surface area contributed by atoms with E-state index in [9.17, 15) is 5.11 Å². The molecule has 0 atom stereocenters. The number of hydrogen-bond donors (Lipinski definition) is 1. The highest BCUT2D eigenvalue weighted by Crippen LogP contribution is 2.24. The topological polar surface area (TPSA) is 39.0 Å². The maximum atomic E-state index is 13.3. The lowest BCUT2D eigenvalue weighted by Crippen LogP contribution is -2.39. The lowest BCUT2D eigenvalue weighted by molar-refractivity contribution is -0.577. The van der Waals surface area contributed by atoms with E-state index in [4.69, 9.17) is 23.8 Å². The molecular weight excluding hydrogens is 376 g/mol. The van der Waals surface area contributed by atoms with Crippen molar-refractivity contribution in [2.45, 2.75) is 13.8 Å². The lowest BCUT2D eigenvalue weighted by atomic mass is 10.1. The predicted molar refractivity (Wildman–Crippen MR) is 113 cm³/mol. The van der Waals surface area contributed by atoms with E-state index in [-0.39, 0.29) is 5.76 Å². The van der Waals surface area contributed by atoms with E-state index in [0.717, 1.165) is 16.8 Å². The Kier molecular flexibility index (Phi) is 5.89. The second-order valence-electron chi connectivity index (χ2n) is 6.21. The average Bonchev–Trinajstić information content (AvgIpc) is 2.66. The van der Waals surface area contributed by atoms with E-state index in [0.29, 0.717) is 21.3 Å². The summed E-state index contributed by atoms with van der Waals surface area (Å²) in [6, 6.07) is 18.6. The molecular formula is C22H19ClN2OS. The second-order valence-corrected chi connectivity index (χ2v) is 7.03. The quantitative estimate of drug-likeness (QED) is 0.309. The number of anilines is 1. The van der Waals surface area contributed by atoms with Crippen LogP contribution in [0, 0.1) is 13.8 Å². The van der Waals surface area contributed by atoms with Gasteiger partial charge < -0.3 is 10.4 Å². The Labute approximate surface area is 169 Å². The lowest BCUT2D eigenvalue weighted by Gasteiger charge is -2.18. The van der Waals surface area contributed by atoms with Gasteiger partial charge in [-0.1, -0.05) is 60.2 Å². The summed E-state index contributed by atoms with van der Waals surface area (Å²) < 4.78 is 1.71. The van der Waals surface area contributed by atoms with E-state index in [1.54, 1.807) is 41.2 Å². The van der Waals surface area contributed by atoms with Crippen molar-refractivity contribution in [3.63, 3.8) is 0 Å². The number of nitrogens with one attached hydrogen (secondary N) is 1. The van der Waals surface area contributed by atoms with Gasteiger partial charge in [-0.25, -0.2) is 0 Å². The molecule has 1 N–H and O–H groups in total. The van der Waals surface area contributed by atoms with Gasteiger partial charge in [0.1, 0.15) is 0 Å². The number of rotatable bonds is 4. The van der Waals surface area contributed by atoms with Crippen LogP contribution in [0.2, 0.25) is 5.02 Å². The zero-order valence-corrected chi connectivity index (χ0v) is 16.6. The van der Waals surface area contributed by atoms with Crippen LogP contribution in [0.25, 0.3) is 11.5 Å². The van der Waals surface area contributed by atoms with Gasteiger partial charge in [-0.3, -0.25) is 0 Å². The van der Waals surface area contributed by atoms with Gasteiger partial charge in [0.15, 0.2) is 17.4 Å². The largest absolute Gasteiger partial charge is 0.867 e. The Bertz CT molecular complexity index is 1020. The molecule has 1 heterocycles. The summed E-state index contributed by atoms with van der Waals surface area (Å²) in [6.07, 6.45) is 3.59. The zero-order valence-electron chi connectivity index (χ0n) is 15.1. The van der Waals surface area contributed by atoms with Crippen molar-refractivity contribution in [1.82, 2.24) is 0 Å². The summed E-state index contributed by atoms with van der Waals surface area (Å²) >= 11 is 11.9. The van der Waals surface area contributed by atoms with E-state index in [1.165, 1.54) is 0 Å². The SMILES string of the molecule is Cc1ccc(C)c(NC(=S)C(=C([O-])c2ccccc2Cl)[n+]2ccccc2)c1. The molecule has 3 nitrogen and oxygen atoms in total.